The fraction of sp³-hybridized carbons (Fsp3) is 0.417. The average Bonchev–Trinajstić information content (AvgIpc) is 2.46. The average molecular weight is 319 g/mol. The van der Waals surface area contributed by atoms with Crippen molar-refractivity contribution in [2.45, 2.75) is 17.1 Å². The molecule has 1 atom stereocenters. The molecule has 5 nitrogen and oxygen atoms in total. The summed E-state index contributed by atoms with van der Waals surface area (Å²) in [5.41, 5.74) is -1.22. The zero-order chi connectivity index (χ0) is 15.7. The second-order valence-corrected chi connectivity index (χ2v) is 6.32. The highest BCUT2D eigenvalue weighted by atomic mass is 32.2. The summed E-state index contributed by atoms with van der Waals surface area (Å²) in [6.07, 6.45) is -4.78. The van der Waals surface area contributed by atoms with E-state index in [0.717, 1.165) is 22.5 Å². The van der Waals surface area contributed by atoms with Crippen LogP contribution in [-0.4, -0.2) is 38.4 Å². The van der Waals surface area contributed by atoms with Crippen LogP contribution in [0.2, 0.25) is 0 Å². The van der Waals surface area contributed by atoms with Gasteiger partial charge in [0.25, 0.3) is 0 Å². The predicted octanol–water partition coefficient (Wildman–Crippen LogP) is 1.19. The van der Waals surface area contributed by atoms with Gasteiger partial charge in [0.2, 0.25) is 10.0 Å². The minimum Gasteiger partial charge on any atom is -0.313 e. The molecule has 0 spiro atoms. The van der Waals surface area contributed by atoms with Gasteiger partial charge in [-0.15, -0.1) is 0 Å². The van der Waals surface area contributed by atoms with Crippen LogP contribution in [0, 0.1) is 11.3 Å². The van der Waals surface area contributed by atoms with Gasteiger partial charge in [-0.2, -0.15) is 22.7 Å². The molecule has 1 aliphatic rings. The summed E-state index contributed by atoms with van der Waals surface area (Å²) >= 11 is 0. The standard InChI is InChI=1S/C12H12F3N3O2S/c13-12(14,15)10-3-1-2-4-11(10)21(19,20)18-6-5-17-8-9(18)7-16/h1-4,9,17H,5-6,8H2. The third kappa shape index (κ3) is 3.02. The van der Waals surface area contributed by atoms with Crippen LogP contribution in [0.3, 0.4) is 0 Å². The summed E-state index contributed by atoms with van der Waals surface area (Å²) in [4.78, 5) is -0.820. The normalized spacial score (nSPS) is 21.0. The van der Waals surface area contributed by atoms with E-state index in [2.05, 4.69) is 5.32 Å². The zero-order valence-corrected chi connectivity index (χ0v) is 11.6. The van der Waals surface area contributed by atoms with Gasteiger partial charge in [0.1, 0.15) is 6.04 Å². The van der Waals surface area contributed by atoms with Crippen LogP contribution in [0.25, 0.3) is 0 Å². The molecule has 0 radical (unpaired) electrons. The van der Waals surface area contributed by atoms with Crippen molar-refractivity contribution >= 4 is 10.0 Å². The Morgan fingerprint density at radius 1 is 1.33 bits per heavy atom. The van der Waals surface area contributed by atoms with Crippen molar-refractivity contribution in [3.05, 3.63) is 29.8 Å². The fourth-order valence-electron chi connectivity index (χ4n) is 2.14. The van der Waals surface area contributed by atoms with Gasteiger partial charge in [-0.3, -0.25) is 0 Å². The first-order valence-corrected chi connectivity index (χ1v) is 7.51. The number of sulfonamides is 1. The molecule has 0 aromatic heterocycles. The van der Waals surface area contributed by atoms with Crippen LogP contribution in [0.5, 0.6) is 0 Å². The number of rotatable bonds is 2. The molecule has 1 aromatic carbocycles. The number of piperazine rings is 1. The van der Waals surface area contributed by atoms with Crippen molar-refractivity contribution in [3.63, 3.8) is 0 Å². The molecular formula is C12H12F3N3O2S. The summed E-state index contributed by atoms with van der Waals surface area (Å²) in [7, 11) is -4.39. The topological polar surface area (TPSA) is 73.2 Å². The van der Waals surface area contributed by atoms with E-state index < -0.39 is 32.7 Å². The summed E-state index contributed by atoms with van der Waals surface area (Å²) < 4.78 is 64.6. The lowest BCUT2D eigenvalue weighted by molar-refractivity contribution is -0.139. The van der Waals surface area contributed by atoms with Gasteiger partial charge < -0.3 is 5.32 Å². The first kappa shape index (κ1) is 15.8. The Balaban J connectivity index is 2.53. The summed E-state index contributed by atoms with van der Waals surface area (Å²) in [6, 6.07) is 4.75. The molecule has 0 aliphatic carbocycles. The van der Waals surface area contributed by atoms with E-state index in [9.17, 15) is 21.6 Å². The number of hydrogen-bond acceptors (Lipinski definition) is 4. The number of halogens is 3. The van der Waals surface area contributed by atoms with Crippen LogP contribution < -0.4 is 5.32 Å². The lowest BCUT2D eigenvalue weighted by Gasteiger charge is -2.31. The molecular weight excluding hydrogens is 307 g/mol. The van der Waals surface area contributed by atoms with Crippen molar-refractivity contribution in [3.8, 4) is 6.07 Å². The third-order valence-electron chi connectivity index (χ3n) is 3.12. The lowest BCUT2D eigenvalue weighted by atomic mass is 10.2. The molecule has 1 aliphatic heterocycles. The smallest absolute Gasteiger partial charge is 0.313 e. The maximum atomic E-state index is 13.0. The number of nitrogens with zero attached hydrogens (tertiary/aromatic N) is 2. The minimum absolute atomic E-state index is 0.0489. The molecule has 1 aromatic rings. The highest BCUT2D eigenvalue weighted by Crippen LogP contribution is 2.35. The number of nitrogens with one attached hydrogen (secondary N) is 1. The Hall–Kier alpha value is -1.63. The Bertz CT molecular complexity index is 667. The van der Waals surface area contributed by atoms with Crippen LogP contribution in [0.4, 0.5) is 13.2 Å². The fourth-order valence-corrected chi connectivity index (χ4v) is 3.89. The van der Waals surface area contributed by atoms with Crippen molar-refractivity contribution in [1.82, 2.24) is 9.62 Å². The van der Waals surface area contributed by atoms with E-state index in [1.54, 1.807) is 6.07 Å². The number of nitriles is 1. The Morgan fingerprint density at radius 2 is 2.00 bits per heavy atom. The maximum absolute atomic E-state index is 13.0. The Morgan fingerprint density at radius 3 is 2.62 bits per heavy atom. The van der Waals surface area contributed by atoms with E-state index in [0.29, 0.717) is 0 Å². The second kappa shape index (κ2) is 5.63. The van der Waals surface area contributed by atoms with Gasteiger partial charge in [0.05, 0.1) is 16.5 Å². The third-order valence-corrected chi connectivity index (χ3v) is 5.09. The van der Waals surface area contributed by atoms with Crippen LogP contribution in [-0.2, 0) is 16.2 Å². The number of benzene rings is 1. The van der Waals surface area contributed by atoms with Crippen LogP contribution in [0.15, 0.2) is 29.2 Å². The predicted molar refractivity (Wildman–Crippen MR) is 67.6 cm³/mol. The van der Waals surface area contributed by atoms with E-state index in [-0.39, 0.29) is 19.6 Å². The molecule has 1 fully saturated rings. The minimum atomic E-state index is -4.78. The van der Waals surface area contributed by atoms with Gasteiger partial charge in [0, 0.05) is 19.6 Å². The van der Waals surface area contributed by atoms with Crippen LogP contribution >= 0.6 is 0 Å². The SMILES string of the molecule is N#CC1CNCCN1S(=O)(=O)c1ccccc1C(F)(F)F. The van der Waals surface area contributed by atoms with Crippen LogP contribution in [0.1, 0.15) is 5.56 Å². The number of alkyl halides is 3. The Labute approximate surface area is 120 Å². The maximum Gasteiger partial charge on any atom is 0.417 e. The summed E-state index contributed by atoms with van der Waals surface area (Å²) in [5.74, 6) is 0. The molecule has 2 rings (SSSR count). The van der Waals surface area contributed by atoms with Gasteiger partial charge in [-0.25, -0.2) is 8.42 Å². The van der Waals surface area contributed by atoms with Crippen molar-refractivity contribution in [2.75, 3.05) is 19.6 Å². The molecule has 0 saturated carbocycles. The van der Waals surface area contributed by atoms with Gasteiger partial charge >= 0.3 is 6.18 Å². The molecule has 1 N–H and O–H groups in total. The molecule has 0 bridgehead atoms. The second-order valence-electron chi connectivity index (χ2n) is 4.46. The monoisotopic (exact) mass is 319 g/mol. The van der Waals surface area contributed by atoms with Crippen molar-refractivity contribution in [2.24, 2.45) is 0 Å². The molecule has 1 saturated heterocycles. The largest absolute Gasteiger partial charge is 0.417 e. The molecule has 9 heteroatoms. The van der Waals surface area contributed by atoms with Crippen molar-refractivity contribution in [1.29, 1.82) is 5.26 Å². The van der Waals surface area contributed by atoms with Gasteiger partial charge in [0.15, 0.2) is 0 Å². The highest BCUT2D eigenvalue weighted by molar-refractivity contribution is 7.89. The molecule has 0 amide bonds. The molecule has 21 heavy (non-hydrogen) atoms. The molecule has 1 unspecified atom stereocenters. The highest BCUT2D eigenvalue weighted by Gasteiger charge is 2.41. The number of hydrogen-bond donors (Lipinski definition) is 1. The lowest BCUT2D eigenvalue weighted by Crippen LogP contribution is -2.53. The summed E-state index contributed by atoms with van der Waals surface area (Å²) in [5, 5.41) is 11.8. The molecule has 1 heterocycles. The molecule has 114 valence electrons. The Kier molecular flexibility index (Phi) is 4.22. The summed E-state index contributed by atoms with van der Waals surface area (Å²) in [6.45, 7) is 0.322. The first-order valence-electron chi connectivity index (χ1n) is 6.07. The van der Waals surface area contributed by atoms with Gasteiger partial charge in [-0.1, -0.05) is 12.1 Å². The van der Waals surface area contributed by atoms with Gasteiger partial charge in [-0.05, 0) is 12.1 Å². The quantitative estimate of drug-likeness (QED) is 0.889. The van der Waals surface area contributed by atoms with E-state index >= 15 is 0 Å². The zero-order valence-electron chi connectivity index (χ0n) is 10.8. The van der Waals surface area contributed by atoms with E-state index in [4.69, 9.17) is 5.26 Å². The van der Waals surface area contributed by atoms with E-state index in [1.807, 2.05) is 0 Å². The van der Waals surface area contributed by atoms with Crippen molar-refractivity contribution < 1.29 is 21.6 Å². The first-order chi connectivity index (χ1) is 9.78. The van der Waals surface area contributed by atoms with E-state index in [1.165, 1.54) is 6.07 Å².